The molecule has 0 unspecified atom stereocenters. The van der Waals surface area contributed by atoms with Crippen LogP contribution in [0.25, 0.3) is 11.4 Å². The van der Waals surface area contributed by atoms with Crippen molar-refractivity contribution in [2.75, 3.05) is 0 Å². The Morgan fingerprint density at radius 2 is 1.79 bits per heavy atom. The van der Waals surface area contributed by atoms with Crippen molar-refractivity contribution in [2.24, 2.45) is 0 Å². The van der Waals surface area contributed by atoms with Gasteiger partial charge in [0.05, 0.1) is 29.3 Å². The fourth-order valence-electron chi connectivity index (χ4n) is 3.20. The lowest BCUT2D eigenvalue weighted by atomic mass is 10.1. The van der Waals surface area contributed by atoms with Gasteiger partial charge in [-0.15, -0.1) is 0 Å². The van der Waals surface area contributed by atoms with E-state index in [1.54, 1.807) is 24.1 Å². The molecule has 0 spiro atoms. The first-order chi connectivity index (χ1) is 14.0. The lowest BCUT2D eigenvalue weighted by Crippen LogP contribution is -2.27. The summed E-state index contributed by atoms with van der Waals surface area (Å²) in [5, 5.41) is 7.75. The molecule has 1 atom stereocenters. The molecule has 0 fully saturated rings. The number of benzene rings is 2. The van der Waals surface area contributed by atoms with Crippen LogP contribution in [-0.4, -0.2) is 25.2 Å². The van der Waals surface area contributed by atoms with Crippen molar-refractivity contribution in [1.82, 2.24) is 24.6 Å². The number of para-hydroxylation sites is 1. The standard InChI is InChI=1S/C22H20ClN5O/c1-15(17-8-10-18(11-9-17)27-13-12-24-14-27)25-22(29)20-16(2)26-28(21(20)23)19-6-4-3-5-7-19/h3-15H,1-2H3,(H,25,29)/t15-/m0/s1. The predicted molar refractivity (Wildman–Crippen MR) is 113 cm³/mol. The summed E-state index contributed by atoms with van der Waals surface area (Å²) >= 11 is 6.50. The van der Waals surface area contributed by atoms with Crippen LogP contribution in [0.15, 0.2) is 73.3 Å². The van der Waals surface area contributed by atoms with E-state index in [1.165, 1.54) is 0 Å². The molecule has 0 saturated carbocycles. The Bertz CT molecular complexity index is 1120. The van der Waals surface area contributed by atoms with E-state index in [1.807, 2.05) is 72.3 Å². The zero-order valence-corrected chi connectivity index (χ0v) is 16.8. The molecule has 1 amide bonds. The minimum atomic E-state index is -0.249. The van der Waals surface area contributed by atoms with Gasteiger partial charge in [0.25, 0.3) is 5.91 Å². The quantitative estimate of drug-likeness (QED) is 0.531. The summed E-state index contributed by atoms with van der Waals surface area (Å²) in [6.07, 6.45) is 5.36. The van der Waals surface area contributed by atoms with Crippen LogP contribution in [0.5, 0.6) is 0 Å². The molecule has 2 heterocycles. The Hall–Kier alpha value is -3.38. The number of imidazole rings is 1. The van der Waals surface area contributed by atoms with Gasteiger partial charge in [-0.05, 0) is 43.7 Å². The molecule has 6 nitrogen and oxygen atoms in total. The topological polar surface area (TPSA) is 64.7 Å². The fraction of sp³-hybridized carbons (Fsp3) is 0.136. The van der Waals surface area contributed by atoms with Crippen LogP contribution in [0, 0.1) is 6.92 Å². The minimum Gasteiger partial charge on any atom is -0.345 e. The molecule has 0 radical (unpaired) electrons. The van der Waals surface area contributed by atoms with E-state index in [-0.39, 0.29) is 11.9 Å². The van der Waals surface area contributed by atoms with Crippen LogP contribution in [0.1, 0.15) is 34.6 Å². The van der Waals surface area contributed by atoms with Gasteiger partial charge in [0.15, 0.2) is 0 Å². The van der Waals surface area contributed by atoms with Gasteiger partial charge in [-0.2, -0.15) is 5.10 Å². The SMILES string of the molecule is Cc1nn(-c2ccccc2)c(Cl)c1C(=O)N[C@@H](C)c1ccc(-n2ccnc2)cc1. The Kier molecular flexibility index (Phi) is 5.18. The molecule has 29 heavy (non-hydrogen) atoms. The van der Waals surface area contributed by atoms with E-state index >= 15 is 0 Å². The maximum Gasteiger partial charge on any atom is 0.256 e. The van der Waals surface area contributed by atoms with Crippen molar-refractivity contribution in [3.05, 3.63) is 95.3 Å². The van der Waals surface area contributed by atoms with Crippen molar-refractivity contribution < 1.29 is 4.79 Å². The summed E-state index contributed by atoms with van der Waals surface area (Å²) in [6, 6.07) is 17.3. The Labute approximate surface area is 173 Å². The van der Waals surface area contributed by atoms with Gasteiger partial charge in [-0.25, -0.2) is 9.67 Å². The normalized spacial score (nSPS) is 12.0. The fourth-order valence-corrected chi connectivity index (χ4v) is 3.55. The van der Waals surface area contributed by atoms with E-state index in [2.05, 4.69) is 15.4 Å². The van der Waals surface area contributed by atoms with Gasteiger partial charge in [0, 0.05) is 18.1 Å². The average molecular weight is 406 g/mol. The van der Waals surface area contributed by atoms with Crippen LogP contribution in [0.3, 0.4) is 0 Å². The summed E-state index contributed by atoms with van der Waals surface area (Å²) < 4.78 is 3.50. The number of nitrogens with zero attached hydrogens (tertiary/aromatic N) is 4. The predicted octanol–water partition coefficient (Wildman–Crippen LogP) is 4.51. The number of hydrogen-bond donors (Lipinski definition) is 1. The van der Waals surface area contributed by atoms with Crippen molar-refractivity contribution in [3.63, 3.8) is 0 Å². The monoisotopic (exact) mass is 405 g/mol. The van der Waals surface area contributed by atoms with E-state index in [0.717, 1.165) is 16.9 Å². The second-order valence-corrected chi connectivity index (χ2v) is 7.11. The van der Waals surface area contributed by atoms with Crippen LogP contribution in [0.2, 0.25) is 5.15 Å². The number of rotatable bonds is 5. The number of carbonyl (C=O) groups is 1. The third-order valence-corrected chi connectivity index (χ3v) is 5.12. The van der Waals surface area contributed by atoms with Crippen molar-refractivity contribution >= 4 is 17.5 Å². The molecule has 0 aliphatic heterocycles. The number of nitrogens with one attached hydrogen (secondary N) is 1. The summed E-state index contributed by atoms with van der Waals surface area (Å²) in [5.74, 6) is -0.249. The van der Waals surface area contributed by atoms with E-state index < -0.39 is 0 Å². The Morgan fingerprint density at radius 1 is 1.07 bits per heavy atom. The summed E-state index contributed by atoms with van der Waals surface area (Å²) in [5.41, 5.74) is 3.78. The number of halogens is 1. The molecule has 2 aromatic heterocycles. The van der Waals surface area contributed by atoms with Crippen LogP contribution in [0.4, 0.5) is 0 Å². The molecule has 4 aromatic rings. The average Bonchev–Trinajstić information content (AvgIpc) is 3.37. The van der Waals surface area contributed by atoms with Gasteiger partial charge < -0.3 is 9.88 Å². The van der Waals surface area contributed by atoms with Gasteiger partial charge >= 0.3 is 0 Å². The van der Waals surface area contributed by atoms with Gasteiger partial charge in [-0.1, -0.05) is 41.9 Å². The number of amides is 1. The highest BCUT2D eigenvalue weighted by Crippen LogP contribution is 2.24. The summed E-state index contributed by atoms with van der Waals surface area (Å²) in [7, 11) is 0. The van der Waals surface area contributed by atoms with Gasteiger partial charge in [-0.3, -0.25) is 4.79 Å². The molecule has 146 valence electrons. The zero-order chi connectivity index (χ0) is 20.4. The molecule has 0 bridgehead atoms. The third-order valence-electron chi connectivity index (χ3n) is 4.78. The van der Waals surface area contributed by atoms with Crippen molar-refractivity contribution in [3.8, 4) is 11.4 Å². The smallest absolute Gasteiger partial charge is 0.256 e. The van der Waals surface area contributed by atoms with E-state index in [9.17, 15) is 4.79 Å². The number of carbonyl (C=O) groups excluding carboxylic acids is 1. The molecule has 7 heteroatoms. The first kappa shape index (κ1) is 19.0. The third kappa shape index (κ3) is 3.79. The Morgan fingerprint density at radius 3 is 2.45 bits per heavy atom. The van der Waals surface area contributed by atoms with Gasteiger partial charge in [0.1, 0.15) is 5.15 Å². The highest BCUT2D eigenvalue weighted by atomic mass is 35.5. The highest BCUT2D eigenvalue weighted by Gasteiger charge is 2.22. The van der Waals surface area contributed by atoms with Crippen molar-refractivity contribution in [2.45, 2.75) is 19.9 Å². The molecular weight excluding hydrogens is 386 g/mol. The second-order valence-electron chi connectivity index (χ2n) is 6.76. The summed E-state index contributed by atoms with van der Waals surface area (Å²) in [6.45, 7) is 3.72. The molecule has 0 aliphatic rings. The zero-order valence-electron chi connectivity index (χ0n) is 16.1. The largest absolute Gasteiger partial charge is 0.345 e. The van der Waals surface area contributed by atoms with Crippen molar-refractivity contribution in [1.29, 1.82) is 0 Å². The van der Waals surface area contributed by atoms with Crippen LogP contribution < -0.4 is 5.32 Å². The maximum atomic E-state index is 12.9. The Balaban J connectivity index is 1.53. The number of hydrogen-bond acceptors (Lipinski definition) is 3. The number of aromatic nitrogens is 4. The molecule has 2 aromatic carbocycles. The molecule has 0 aliphatic carbocycles. The molecule has 4 rings (SSSR count). The van der Waals surface area contributed by atoms with E-state index in [0.29, 0.717) is 16.4 Å². The second kappa shape index (κ2) is 7.93. The maximum absolute atomic E-state index is 12.9. The van der Waals surface area contributed by atoms with Gasteiger partial charge in [0.2, 0.25) is 0 Å². The van der Waals surface area contributed by atoms with Crippen LogP contribution in [-0.2, 0) is 0 Å². The highest BCUT2D eigenvalue weighted by molar-refractivity contribution is 6.33. The molecule has 0 saturated heterocycles. The first-order valence-corrected chi connectivity index (χ1v) is 9.62. The van der Waals surface area contributed by atoms with E-state index in [4.69, 9.17) is 11.6 Å². The molecular formula is C22H20ClN5O. The molecule has 1 N–H and O–H groups in total. The summed E-state index contributed by atoms with van der Waals surface area (Å²) in [4.78, 5) is 17.0. The van der Waals surface area contributed by atoms with Crippen LogP contribution >= 0.6 is 11.6 Å². The minimum absolute atomic E-state index is 0.185. The lowest BCUT2D eigenvalue weighted by Gasteiger charge is -2.15. The number of aryl methyl sites for hydroxylation is 1. The first-order valence-electron chi connectivity index (χ1n) is 9.24. The lowest BCUT2D eigenvalue weighted by molar-refractivity contribution is 0.0939.